The lowest BCUT2D eigenvalue weighted by Crippen LogP contribution is -2.04. The van der Waals surface area contributed by atoms with Gasteiger partial charge in [0.25, 0.3) is 0 Å². The van der Waals surface area contributed by atoms with E-state index in [4.69, 9.17) is 0 Å². The maximum atomic E-state index is 11.3. The van der Waals surface area contributed by atoms with Gasteiger partial charge in [-0.3, -0.25) is 4.57 Å². The summed E-state index contributed by atoms with van der Waals surface area (Å²) in [4.78, 5) is 19.9. The van der Waals surface area contributed by atoms with Crippen molar-refractivity contribution in [2.75, 3.05) is 0 Å². The number of benzene rings is 1. The highest BCUT2D eigenvalue weighted by Crippen LogP contribution is 2.25. The molecule has 5 nitrogen and oxygen atoms in total. The maximum absolute atomic E-state index is 11.3. The van der Waals surface area contributed by atoms with Crippen molar-refractivity contribution in [2.24, 2.45) is 0 Å². The molecular weight excluding hydrogens is 254 g/mol. The summed E-state index contributed by atoms with van der Waals surface area (Å²) >= 11 is 0. The Morgan fingerprint density at radius 3 is 2.45 bits per heavy atom. The van der Waals surface area contributed by atoms with Crippen LogP contribution in [0.2, 0.25) is 0 Å². The summed E-state index contributed by atoms with van der Waals surface area (Å²) in [5.41, 5.74) is 2.13. The number of aromatic carboxylic acids is 1. The highest BCUT2D eigenvalue weighted by molar-refractivity contribution is 6.05. The summed E-state index contributed by atoms with van der Waals surface area (Å²) in [6.45, 7) is 3.89. The largest absolute Gasteiger partial charge is 0.478 e. The van der Waals surface area contributed by atoms with Crippen molar-refractivity contribution in [2.45, 2.75) is 13.8 Å². The Balaban J connectivity index is 2.36. The summed E-state index contributed by atoms with van der Waals surface area (Å²) in [5, 5.41) is 10.7. The van der Waals surface area contributed by atoms with Crippen molar-refractivity contribution in [3.05, 3.63) is 53.7 Å². The predicted octanol–water partition coefficient (Wildman–Crippen LogP) is 2.74. The monoisotopic (exact) mass is 267 g/mol. The highest BCUT2D eigenvalue weighted by atomic mass is 16.4. The Bertz CT molecular complexity index is 821. The molecule has 0 amide bonds. The van der Waals surface area contributed by atoms with Crippen molar-refractivity contribution in [3.8, 4) is 5.82 Å². The zero-order valence-electron chi connectivity index (χ0n) is 11.2. The first-order chi connectivity index (χ1) is 9.59. The van der Waals surface area contributed by atoms with Gasteiger partial charge in [-0.05, 0) is 13.8 Å². The lowest BCUT2D eigenvalue weighted by molar-refractivity contribution is 0.0698. The summed E-state index contributed by atoms with van der Waals surface area (Å²) < 4.78 is 1.88. The summed E-state index contributed by atoms with van der Waals surface area (Å²) in [7, 11) is 0. The van der Waals surface area contributed by atoms with Gasteiger partial charge in [-0.2, -0.15) is 0 Å². The molecule has 0 unspecified atom stereocenters. The van der Waals surface area contributed by atoms with Gasteiger partial charge in [0.05, 0.1) is 11.3 Å². The van der Waals surface area contributed by atoms with Gasteiger partial charge in [0.1, 0.15) is 12.1 Å². The summed E-state index contributed by atoms with van der Waals surface area (Å²) in [5.74, 6) is -0.275. The number of carbonyl (C=O) groups is 1. The molecule has 5 heteroatoms. The molecule has 1 aromatic carbocycles. The summed E-state index contributed by atoms with van der Waals surface area (Å²) in [6.07, 6.45) is 3.11. The van der Waals surface area contributed by atoms with E-state index in [0.717, 1.165) is 16.8 Å². The average Bonchev–Trinajstić information content (AvgIpc) is 2.77. The SMILES string of the molecule is Cc1ncn(-c2ncc(C(=O)O)c3ccccc23)c1C. The van der Waals surface area contributed by atoms with E-state index in [2.05, 4.69) is 9.97 Å². The van der Waals surface area contributed by atoms with E-state index >= 15 is 0 Å². The van der Waals surface area contributed by atoms with E-state index in [1.54, 1.807) is 12.4 Å². The van der Waals surface area contributed by atoms with Crippen LogP contribution in [0.3, 0.4) is 0 Å². The van der Waals surface area contributed by atoms with Crippen LogP contribution in [0.1, 0.15) is 21.7 Å². The molecule has 0 radical (unpaired) electrons. The van der Waals surface area contributed by atoms with Crippen molar-refractivity contribution in [3.63, 3.8) is 0 Å². The minimum atomic E-state index is -0.973. The molecule has 0 fully saturated rings. The number of aromatic nitrogens is 3. The average molecular weight is 267 g/mol. The second kappa shape index (κ2) is 4.45. The Morgan fingerprint density at radius 2 is 1.85 bits per heavy atom. The Hall–Kier alpha value is -2.69. The molecule has 0 spiro atoms. The first-order valence-corrected chi connectivity index (χ1v) is 6.21. The van der Waals surface area contributed by atoms with E-state index in [9.17, 15) is 9.90 Å². The van der Waals surface area contributed by atoms with Crippen LogP contribution in [0.4, 0.5) is 0 Å². The van der Waals surface area contributed by atoms with E-state index in [1.807, 2.05) is 36.6 Å². The number of pyridine rings is 1. The van der Waals surface area contributed by atoms with Crippen LogP contribution in [-0.4, -0.2) is 25.6 Å². The van der Waals surface area contributed by atoms with Crippen LogP contribution in [0.25, 0.3) is 16.6 Å². The number of hydrogen-bond acceptors (Lipinski definition) is 3. The molecule has 3 rings (SSSR count). The van der Waals surface area contributed by atoms with Gasteiger partial charge in [0.15, 0.2) is 0 Å². The zero-order chi connectivity index (χ0) is 14.3. The van der Waals surface area contributed by atoms with E-state index in [-0.39, 0.29) is 5.56 Å². The van der Waals surface area contributed by atoms with Crippen LogP contribution >= 0.6 is 0 Å². The first-order valence-electron chi connectivity index (χ1n) is 6.21. The number of hydrogen-bond donors (Lipinski definition) is 1. The molecule has 20 heavy (non-hydrogen) atoms. The molecule has 0 aliphatic carbocycles. The van der Waals surface area contributed by atoms with Gasteiger partial charge < -0.3 is 5.11 Å². The second-order valence-electron chi connectivity index (χ2n) is 4.63. The molecule has 0 aliphatic rings. The van der Waals surface area contributed by atoms with Crippen LogP contribution < -0.4 is 0 Å². The number of nitrogens with zero attached hydrogens (tertiary/aromatic N) is 3. The van der Waals surface area contributed by atoms with Gasteiger partial charge >= 0.3 is 5.97 Å². The molecule has 2 aromatic heterocycles. The van der Waals surface area contributed by atoms with Crippen LogP contribution in [0.15, 0.2) is 36.8 Å². The standard InChI is InChI=1S/C15H13N3O2/c1-9-10(2)18(8-17-9)14-12-6-4-3-5-11(12)13(7-16-14)15(19)20/h3-8H,1-2H3,(H,19,20). The number of carboxylic acids is 1. The first kappa shape index (κ1) is 12.3. The van der Waals surface area contributed by atoms with Crippen molar-refractivity contribution < 1.29 is 9.90 Å². The zero-order valence-corrected chi connectivity index (χ0v) is 11.2. The number of carboxylic acid groups (broad SMARTS) is 1. The quantitative estimate of drug-likeness (QED) is 0.775. The van der Waals surface area contributed by atoms with Crippen LogP contribution in [0, 0.1) is 13.8 Å². The Kier molecular flexibility index (Phi) is 2.75. The van der Waals surface area contributed by atoms with Crippen molar-refractivity contribution >= 4 is 16.7 Å². The second-order valence-corrected chi connectivity index (χ2v) is 4.63. The summed E-state index contributed by atoms with van der Waals surface area (Å²) in [6, 6.07) is 7.37. The fourth-order valence-electron chi connectivity index (χ4n) is 2.25. The lowest BCUT2D eigenvalue weighted by Gasteiger charge is -2.10. The van der Waals surface area contributed by atoms with Gasteiger partial charge in [-0.15, -0.1) is 0 Å². The lowest BCUT2D eigenvalue weighted by atomic mass is 10.1. The fraction of sp³-hybridized carbons (Fsp3) is 0.133. The Morgan fingerprint density at radius 1 is 1.15 bits per heavy atom. The molecular formula is C15H13N3O2. The van der Waals surface area contributed by atoms with E-state index < -0.39 is 5.97 Å². The van der Waals surface area contributed by atoms with Crippen molar-refractivity contribution in [1.29, 1.82) is 0 Å². The van der Waals surface area contributed by atoms with Gasteiger partial charge in [-0.25, -0.2) is 14.8 Å². The minimum Gasteiger partial charge on any atom is -0.478 e. The van der Waals surface area contributed by atoms with E-state index in [0.29, 0.717) is 11.2 Å². The smallest absolute Gasteiger partial charge is 0.337 e. The molecule has 0 bridgehead atoms. The van der Waals surface area contributed by atoms with Gasteiger partial charge in [0.2, 0.25) is 0 Å². The van der Waals surface area contributed by atoms with Gasteiger partial charge in [0, 0.05) is 22.7 Å². The maximum Gasteiger partial charge on any atom is 0.337 e. The molecule has 0 saturated heterocycles. The van der Waals surface area contributed by atoms with E-state index in [1.165, 1.54) is 6.20 Å². The highest BCUT2D eigenvalue weighted by Gasteiger charge is 2.14. The Labute approximate surface area is 115 Å². The number of fused-ring (bicyclic) bond motifs is 1. The van der Waals surface area contributed by atoms with Crippen LogP contribution in [-0.2, 0) is 0 Å². The molecule has 0 saturated carbocycles. The topological polar surface area (TPSA) is 68.0 Å². The molecule has 100 valence electrons. The predicted molar refractivity (Wildman–Crippen MR) is 75.3 cm³/mol. The third kappa shape index (κ3) is 1.75. The number of aryl methyl sites for hydroxylation is 1. The molecule has 1 N–H and O–H groups in total. The van der Waals surface area contributed by atoms with Crippen LogP contribution in [0.5, 0.6) is 0 Å². The molecule has 3 aromatic rings. The minimum absolute atomic E-state index is 0.207. The fourth-order valence-corrected chi connectivity index (χ4v) is 2.25. The molecule has 2 heterocycles. The third-order valence-corrected chi connectivity index (χ3v) is 3.48. The molecule has 0 atom stereocenters. The normalized spacial score (nSPS) is 10.9. The number of imidazole rings is 1. The van der Waals surface area contributed by atoms with Gasteiger partial charge in [-0.1, -0.05) is 24.3 Å². The third-order valence-electron chi connectivity index (χ3n) is 3.48. The van der Waals surface area contributed by atoms with Crippen molar-refractivity contribution in [1.82, 2.24) is 14.5 Å². The number of rotatable bonds is 2. The molecule has 0 aliphatic heterocycles.